The second kappa shape index (κ2) is 8.71. The lowest BCUT2D eigenvalue weighted by molar-refractivity contribution is -0.116. The van der Waals surface area contributed by atoms with Gasteiger partial charge in [0.05, 0.1) is 24.0 Å². The van der Waals surface area contributed by atoms with Gasteiger partial charge in [-0.15, -0.1) is 0 Å². The number of nitrogens with one attached hydrogen (secondary N) is 1. The van der Waals surface area contributed by atoms with E-state index < -0.39 is 0 Å². The average Bonchev–Trinajstić information content (AvgIpc) is 3.18. The minimum atomic E-state index is -0.279. The second-order valence-corrected chi connectivity index (χ2v) is 6.81. The fraction of sp³-hybridized carbons (Fsp3) is 0.190. The van der Waals surface area contributed by atoms with E-state index in [4.69, 9.17) is 11.6 Å². The molecule has 1 heterocycles. The highest BCUT2D eigenvalue weighted by molar-refractivity contribution is 6.30. The molecule has 3 aromatic rings. The van der Waals surface area contributed by atoms with E-state index in [0.29, 0.717) is 10.6 Å². The Hall–Kier alpha value is -3.12. The van der Waals surface area contributed by atoms with Crippen LogP contribution in [-0.4, -0.2) is 40.1 Å². The van der Waals surface area contributed by atoms with Crippen LogP contribution in [0.1, 0.15) is 22.8 Å². The van der Waals surface area contributed by atoms with Crippen LogP contribution >= 0.6 is 11.6 Å². The highest BCUT2D eigenvalue weighted by atomic mass is 35.5. The largest absolute Gasteiger partial charge is 0.332 e. The van der Waals surface area contributed by atoms with Crippen LogP contribution in [0.15, 0.2) is 60.9 Å². The number of carbonyl (C=O) groups excluding carboxylic acids is 2. The molecule has 28 heavy (non-hydrogen) atoms. The van der Waals surface area contributed by atoms with Crippen molar-refractivity contribution in [2.24, 2.45) is 0 Å². The van der Waals surface area contributed by atoms with Crippen LogP contribution in [0.25, 0.3) is 5.69 Å². The third kappa shape index (κ3) is 4.58. The molecule has 0 fully saturated rings. The summed E-state index contributed by atoms with van der Waals surface area (Å²) in [6.07, 6.45) is 3.93. The van der Waals surface area contributed by atoms with Gasteiger partial charge in [-0.05, 0) is 42.3 Å². The number of benzene rings is 2. The summed E-state index contributed by atoms with van der Waals surface area (Å²) in [6.45, 7) is 1.97. The van der Waals surface area contributed by atoms with Gasteiger partial charge in [0.25, 0.3) is 5.91 Å². The summed E-state index contributed by atoms with van der Waals surface area (Å²) in [5.41, 5.74) is 3.01. The number of hydrogen-bond donors (Lipinski definition) is 1. The van der Waals surface area contributed by atoms with Gasteiger partial charge in [-0.1, -0.05) is 36.7 Å². The summed E-state index contributed by atoms with van der Waals surface area (Å²) in [5, 5.41) is 7.71. The number of halogens is 1. The van der Waals surface area contributed by atoms with Crippen LogP contribution < -0.4 is 5.32 Å². The molecule has 6 nitrogen and oxygen atoms in total. The molecular weight excluding hydrogens is 376 g/mol. The van der Waals surface area contributed by atoms with Crippen LogP contribution in [0.4, 0.5) is 5.69 Å². The van der Waals surface area contributed by atoms with Crippen molar-refractivity contribution in [3.63, 3.8) is 0 Å². The zero-order valence-corrected chi connectivity index (χ0v) is 16.5. The number of amides is 2. The van der Waals surface area contributed by atoms with Crippen molar-refractivity contribution in [3.05, 3.63) is 77.1 Å². The molecule has 1 aromatic heterocycles. The zero-order chi connectivity index (χ0) is 20.1. The summed E-state index contributed by atoms with van der Waals surface area (Å²) < 4.78 is 1.59. The van der Waals surface area contributed by atoms with Gasteiger partial charge >= 0.3 is 0 Å². The van der Waals surface area contributed by atoms with Crippen molar-refractivity contribution in [1.82, 2.24) is 14.7 Å². The maximum absolute atomic E-state index is 12.6. The van der Waals surface area contributed by atoms with Crippen LogP contribution in [0.2, 0.25) is 5.02 Å². The minimum Gasteiger partial charge on any atom is -0.332 e. The monoisotopic (exact) mass is 396 g/mol. The first-order valence-electron chi connectivity index (χ1n) is 8.91. The third-order valence-corrected chi connectivity index (χ3v) is 4.57. The summed E-state index contributed by atoms with van der Waals surface area (Å²) in [7, 11) is 1.59. The van der Waals surface area contributed by atoms with Crippen molar-refractivity contribution in [2.75, 3.05) is 18.9 Å². The Morgan fingerprint density at radius 2 is 1.86 bits per heavy atom. The summed E-state index contributed by atoms with van der Waals surface area (Å²) in [4.78, 5) is 26.3. The van der Waals surface area contributed by atoms with Gasteiger partial charge in [0.2, 0.25) is 5.91 Å². The Balaban J connectivity index is 1.64. The predicted octanol–water partition coefficient (Wildman–Crippen LogP) is 3.80. The normalized spacial score (nSPS) is 10.5. The first-order chi connectivity index (χ1) is 13.5. The summed E-state index contributed by atoms with van der Waals surface area (Å²) >= 11 is 5.89. The molecule has 0 radical (unpaired) electrons. The van der Waals surface area contributed by atoms with E-state index in [0.717, 1.165) is 23.4 Å². The van der Waals surface area contributed by atoms with E-state index in [1.54, 1.807) is 30.1 Å². The maximum Gasteiger partial charge on any atom is 0.257 e. The number of para-hydroxylation sites is 1. The average molecular weight is 397 g/mol. The van der Waals surface area contributed by atoms with Crippen molar-refractivity contribution in [1.29, 1.82) is 0 Å². The lowest BCUT2D eigenvalue weighted by Gasteiger charge is -2.17. The SMILES string of the molecule is CCc1ccccc1NC(=O)CN(C)C(=O)c1cnn(-c2ccc(Cl)cc2)c1. The van der Waals surface area contributed by atoms with Gasteiger partial charge in [0, 0.05) is 24.0 Å². The predicted molar refractivity (Wildman–Crippen MR) is 110 cm³/mol. The molecule has 0 aliphatic heterocycles. The quantitative estimate of drug-likeness (QED) is 0.689. The van der Waals surface area contributed by atoms with E-state index >= 15 is 0 Å². The van der Waals surface area contributed by atoms with Gasteiger partial charge in [-0.2, -0.15) is 5.10 Å². The molecule has 0 unspecified atom stereocenters. The summed E-state index contributed by atoms with van der Waals surface area (Å²) in [6, 6.07) is 14.8. The Bertz CT molecular complexity index is 982. The fourth-order valence-electron chi connectivity index (χ4n) is 2.82. The maximum atomic E-state index is 12.6. The highest BCUT2D eigenvalue weighted by Gasteiger charge is 2.17. The van der Waals surface area contributed by atoms with Crippen LogP contribution in [0.3, 0.4) is 0 Å². The topological polar surface area (TPSA) is 67.2 Å². The number of aromatic nitrogens is 2. The molecule has 0 atom stereocenters. The Morgan fingerprint density at radius 1 is 1.14 bits per heavy atom. The summed E-state index contributed by atoms with van der Waals surface area (Å²) in [5.74, 6) is -0.527. The highest BCUT2D eigenvalue weighted by Crippen LogP contribution is 2.16. The number of nitrogens with zero attached hydrogens (tertiary/aromatic N) is 3. The van der Waals surface area contributed by atoms with Crippen molar-refractivity contribution in [2.45, 2.75) is 13.3 Å². The molecule has 144 valence electrons. The van der Waals surface area contributed by atoms with E-state index in [9.17, 15) is 9.59 Å². The molecule has 0 aliphatic rings. The standard InChI is InChI=1S/C21H21ClN4O2/c1-3-15-6-4-5-7-19(15)24-20(27)14-25(2)21(28)16-12-23-26(13-16)18-10-8-17(22)9-11-18/h4-13H,3,14H2,1-2H3,(H,24,27). The van der Waals surface area contributed by atoms with Crippen molar-refractivity contribution >= 4 is 29.1 Å². The van der Waals surface area contributed by atoms with E-state index in [-0.39, 0.29) is 18.4 Å². The first-order valence-corrected chi connectivity index (χ1v) is 9.29. The number of likely N-dealkylation sites (N-methyl/N-ethyl adjacent to an activating group) is 1. The Labute approximate surface area is 168 Å². The molecule has 0 spiro atoms. The molecule has 1 N–H and O–H groups in total. The second-order valence-electron chi connectivity index (χ2n) is 6.37. The molecule has 2 amide bonds. The van der Waals surface area contributed by atoms with E-state index in [1.165, 1.54) is 11.1 Å². The van der Waals surface area contributed by atoms with Crippen LogP contribution in [-0.2, 0) is 11.2 Å². The van der Waals surface area contributed by atoms with E-state index in [1.807, 2.05) is 43.3 Å². The smallest absolute Gasteiger partial charge is 0.257 e. The Kier molecular flexibility index (Phi) is 6.11. The molecule has 0 saturated carbocycles. The number of carbonyl (C=O) groups is 2. The molecule has 0 saturated heterocycles. The lowest BCUT2D eigenvalue weighted by atomic mass is 10.1. The third-order valence-electron chi connectivity index (χ3n) is 4.32. The van der Waals surface area contributed by atoms with Crippen molar-refractivity contribution in [3.8, 4) is 5.69 Å². The van der Waals surface area contributed by atoms with Gasteiger partial charge in [-0.3, -0.25) is 9.59 Å². The Morgan fingerprint density at radius 3 is 2.57 bits per heavy atom. The molecule has 3 rings (SSSR count). The lowest BCUT2D eigenvalue weighted by Crippen LogP contribution is -2.34. The van der Waals surface area contributed by atoms with Gasteiger partial charge in [-0.25, -0.2) is 4.68 Å². The van der Waals surface area contributed by atoms with Crippen LogP contribution in [0.5, 0.6) is 0 Å². The van der Waals surface area contributed by atoms with Gasteiger partial charge in [0.15, 0.2) is 0 Å². The number of hydrogen-bond acceptors (Lipinski definition) is 3. The van der Waals surface area contributed by atoms with Crippen molar-refractivity contribution < 1.29 is 9.59 Å². The number of anilines is 1. The van der Waals surface area contributed by atoms with Crippen LogP contribution in [0, 0.1) is 0 Å². The zero-order valence-electron chi connectivity index (χ0n) is 15.7. The molecule has 7 heteroatoms. The minimum absolute atomic E-state index is 0.0526. The fourth-order valence-corrected chi connectivity index (χ4v) is 2.94. The number of rotatable bonds is 6. The van der Waals surface area contributed by atoms with E-state index in [2.05, 4.69) is 10.4 Å². The molecule has 0 aliphatic carbocycles. The number of aryl methyl sites for hydroxylation is 1. The van der Waals surface area contributed by atoms with Gasteiger partial charge in [0.1, 0.15) is 0 Å². The molecular formula is C21H21ClN4O2. The van der Waals surface area contributed by atoms with Gasteiger partial charge < -0.3 is 10.2 Å². The first kappa shape index (κ1) is 19.6. The molecule has 2 aromatic carbocycles. The molecule has 0 bridgehead atoms.